The molecule has 1 aromatic carbocycles. The van der Waals surface area contributed by atoms with E-state index in [0.29, 0.717) is 0 Å². The molecule has 7 heteroatoms. The van der Waals surface area contributed by atoms with E-state index in [1.165, 1.54) is 12.1 Å². The topological polar surface area (TPSA) is 88.4 Å². The number of nitrogens with one attached hydrogen (secondary N) is 1. The Morgan fingerprint density at radius 1 is 1.32 bits per heavy atom. The second-order valence-electron chi connectivity index (χ2n) is 6.36. The minimum absolute atomic E-state index is 0.0703. The highest BCUT2D eigenvalue weighted by Crippen LogP contribution is 2.26. The van der Waals surface area contributed by atoms with Crippen LogP contribution in [-0.4, -0.2) is 35.4 Å². The van der Waals surface area contributed by atoms with Gasteiger partial charge in [-0.2, -0.15) is 0 Å². The van der Waals surface area contributed by atoms with Gasteiger partial charge >= 0.3 is 0 Å². The molecule has 1 fully saturated rings. The number of piperidine rings is 1. The molecule has 0 atom stereocenters. The van der Waals surface area contributed by atoms with Crippen molar-refractivity contribution in [1.82, 2.24) is 10.3 Å². The van der Waals surface area contributed by atoms with E-state index in [4.69, 9.17) is 0 Å². The van der Waals surface area contributed by atoms with Gasteiger partial charge in [0, 0.05) is 43.1 Å². The zero-order valence-electron chi connectivity index (χ0n) is 14.3. The lowest BCUT2D eigenvalue weighted by atomic mass is 9.96. The van der Waals surface area contributed by atoms with E-state index in [1.54, 1.807) is 6.07 Å². The number of amides is 1. The second kappa shape index (κ2) is 7.46. The van der Waals surface area contributed by atoms with Gasteiger partial charge in [0.2, 0.25) is 5.91 Å². The molecule has 1 aromatic heterocycles. The molecule has 2 aromatic rings. The van der Waals surface area contributed by atoms with Gasteiger partial charge in [0.05, 0.1) is 10.4 Å². The van der Waals surface area contributed by atoms with Gasteiger partial charge in [-0.15, -0.1) is 0 Å². The first-order valence-electron chi connectivity index (χ1n) is 8.66. The molecule has 1 saturated heterocycles. The highest BCUT2D eigenvalue weighted by atomic mass is 16.6. The van der Waals surface area contributed by atoms with Crippen molar-refractivity contribution in [3.05, 3.63) is 40.4 Å². The Morgan fingerprint density at radius 3 is 2.76 bits per heavy atom. The van der Waals surface area contributed by atoms with Gasteiger partial charge in [-0.3, -0.25) is 14.9 Å². The summed E-state index contributed by atoms with van der Waals surface area (Å²) in [6.07, 6.45) is 2.58. The molecule has 132 valence electrons. The number of anilines is 1. The molecule has 1 aliphatic heterocycles. The van der Waals surface area contributed by atoms with E-state index >= 15 is 0 Å². The second-order valence-corrected chi connectivity index (χ2v) is 6.36. The standard InChI is InChI=1S/C18H22N4O3/c1-2-9-19-18(23)13-7-10-21(11-8-13)17-6-3-14-12-15(22(24)25)4-5-16(14)20-17/h3-6,12-13H,2,7-11H2,1H3,(H,19,23). The molecular formula is C18H22N4O3. The molecule has 1 N–H and O–H groups in total. The average Bonchev–Trinajstić information content (AvgIpc) is 2.65. The third kappa shape index (κ3) is 3.87. The van der Waals surface area contributed by atoms with Crippen LogP contribution in [0.5, 0.6) is 0 Å². The number of aromatic nitrogens is 1. The van der Waals surface area contributed by atoms with Gasteiger partial charge in [-0.1, -0.05) is 6.92 Å². The minimum Gasteiger partial charge on any atom is -0.357 e. The molecule has 0 unspecified atom stereocenters. The molecule has 0 bridgehead atoms. The average molecular weight is 342 g/mol. The van der Waals surface area contributed by atoms with Gasteiger partial charge < -0.3 is 10.2 Å². The van der Waals surface area contributed by atoms with Crippen LogP contribution >= 0.6 is 0 Å². The summed E-state index contributed by atoms with van der Waals surface area (Å²) < 4.78 is 0. The molecule has 1 amide bonds. The quantitative estimate of drug-likeness (QED) is 0.667. The van der Waals surface area contributed by atoms with Crippen LogP contribution < -0.4 is 10.2 Å². The number of fused-ring (bicyclic) bond motifs is 1. The Bertz CT molecular complexity index is 785. The SMILES string of the molecule is CCCNC(=O)C1CCN(c2ccc3cc([N+](=O)[O-])ccc3n2)CC1. The van der Waals surface area contributed by atoms with Gasteiger partial charge in [0.1, 0.15) is 5.82 Å². The van der Waals surface area contributed by atoms with Crippen molar-refractivity contribution in [2.24, 2.45) is 5.92 Å². The van der Waals surface area contributed by atoms with Crippen molar-refractivity contribution in [1.29, 1.82) is 0 Å². The molecule has 1 aliphatic rings. The Kier molecular flexibility index (Phi) is 5.11. The van der Waals surface area contributed by atoms with Crippen molar-refractivity contribution in [2.75, 3.05) is 24.5 Å². The lowest BCUT2D eigenvalue weighted by Gasteiger charge is -2.32. The van der Waals surface area contributed by atoms with E-state index in [1.807, 2.05) is 19.1 Å². The number of carbonyl (C=O) groups is 1. The molecular weight excluding hydrogens is 320 g/mol. The van der Waals surface area contributed by atoms with Crippen LogP contribution in [0.2, 0.25) is 0 Å². The van der Waals surface area contributed by atoms with Crippen LogP contribution in [0.15, 0.2) is 30.3 Å². The van der Waals surface area contributed by atoms with Crippen molar-refractivity contribution < 1.29 is 9.72 Å². The molecule has 7 nitrogen and oxygen atoms in total. The zero-order valence-corrected chi connectivity index (χ0v) is 14.3. The number of carbonyl (C=O) groups excluding carboxylic acids is 1. The largest absolute Gasteiger partial charge is 0.357 e. The van der Waals surface area contributed by atoms with Crippen molar-refractivity contribution in [3.8, 4) is 0 Å². The third-order valence-electron chi connectivity index (χ3n) is 4.61. The first kappa shape index (κ1) is 17.1. The highest BCUT2D eigenvalue weighted by Gasteiger charge is 2.25. The van der Waals surface area contributed by atoms with Crippen LogP contribution in [0.3, 0.4) is 0 Å². The lowest BCUT2D eigenvalue weighted by molar-refractivity contribution is -0.384. The number of pyridine rings is 1. The van der Waals surface area contributed by atoms with Crippen LogP contribution in [0.25, 0.3) is 10.9 Å². The van der Waals surface area contributed by atoms with E-state index < -0.39 is 4.92 Å². The van der Waals surface area contributed by atoms with Gasteiger partial charge in [-0.25, -0.2) is 4.98 Å². The summed E-state index contributed by atoms with van der Waals surface area (Å²) in [5, 5.41) is 14.6. The number of non-ortho nitro benzene ring substituents is 1. The van der Waals surface area contributed by atoms with Crippen molar-refractivity contribution in [3.63, 3.8) is 0 Å². The summed E-state index contributed by atoms with van der Waals surface area (Å²) in [6.45, 7) is 4.35. The number of benzene rings is 1. The monoisotopic (exact) mass is 342 g/mol. The third-order valence-corrected chi connectivity index (χ3v) is 4.61. The van der Waals surface area contributed by atoms with Crippen LogP contribution in [0.1, 0.15) is 26.2 Å². The Morgan fingerprint density at radius 2 is 2.08 bits per heavy atom. The maximum absolute atomic E-state index is 12.1. The molecule has 0 saturated carbocycles. The summed E-state index contributed by atoms with van der Waals surface area (Å²) >= 11 is 0. The predicted octanol–water partition coefficient (Wildman–Crippen LogP) is 2.89. The molecule has 25 heavy (non-hydrogen) atoms. The van der Waals surface area contributed by atoms with Gasteiger partial charge in [-0.05, 0) is 37.5 Å². The Labute approximate surface area is 146 Å². The van der Waals surface area contributed by atoms with Crippen LogP contribution in [0, 0.1) is 16.0 Å². The van der Waals surface area contributed by atoms with Gasteiger partial charge in [0.25, 0.3) is 5.69 Å². The van der Waals surface area contributed by atoms with E-state index in [0.717, 1.165) is 55.6 Å². The lowest BCUT2D eigenvalue weighted by Crippen LogP contribution is -2.41. The molecule has 0 radical (unpaired) electrons. The van der Waals surface area contributed by atoms with E-state index in [2.05, 4.69) is 15.2 Å². The molecule has 3 rings (SSSR count). The number of hydrogen-bond acceptors (Lipinski definition) is 5. The van der Waals surface area contributed by atoms with Crippen LogP contribution in [-0.2, 0) is 4.79 Å². The minimum atomic E-state index is -0.401. The van der Waals surface area contributed by atoms with Crippen LogP contribution in [0.4, 0.5) is 11.5 Å². The maximum Gasteiger partial charge on any atom is 0.270 e. The number of rotatable bonds is 5. The highest BCUT2D eigenvalue weighted by molar-refractivity contribution is 5.83. The summed E-state index contributed by atoms with van der Waals surface area (Å²) in [7, 11) is 0. The zero-order chi connectivity index (χ0) is 17.8. The summed E-state index contributed by atoms with van der Waals surface area (Å²) in [5.41, 5.74) is 0.812. The van der Waals surface area contributed by atoms with E-state index in [-0.39, 0.29) is 17.5 Å². The predicted molar refractivity (Wildman–Crippen MR) is 96.6 cm³/mol. The Hall–Kier alpha value is -2.70. The molecule has 0 aliphatic carbocycles. The van der Waals surface area contributed by atoms with Gasteiger partial charge in [0.15, 0.2) is 0 Å². The fourth-order valence-electron chi connectivity index (χ4n) is 3.16. The van der Waals surface area contributed by atoms with Crippen molar-refractivity contribution >= 4 is 28.3 Å². The molecule has 2 heterocycles. The summed E-state index contributed by atoms with van der Waals surface area (Å²) in [4.78, 5) is 29.3. The molecule has 0 spiro atoms. The Balaban J connectivity index is 1.68. The van der Waals surface area contributed by atoms with Crippen molar-refractivity contribution in [2.45, 2.75) is 26.2 Å². The number of nitrogens with zero attached hydrogens (tertiary/aromatic N) is 3. The number of nitro benzene ring substituents is 1. The number of nitro groups is 1. The number of hydrogen-bond donors (Lipinski definition) is 1. The smallest absolute Gasteiger partial charge is 0.270 e. The fraction of sp³-hybridized carbons (Fsp3) is 0.444. The summed E-state index contributed by atoms with van der Waals surface area (Å²) in [5.74, 6) is 1.08. The fourth-order valence-corrected chi connectivity index (χ4v) is 3.16. The normalized spacial score (nSPS) is 15.3. The summed E-state index contributed by atoms with van der Waals surface area (Å²) in [6, 6.07) is 8.45. The first-order chi connectivity index (χ1) is 12.1. The van der Waals surface area contributed by atoms with E-state index in [9.17, 15) is 14.9 Å². The first-order valence-corrected chi connectivity index (χ1v) is 8.66. The maximum atomic E-state index is 12.1.